The van der Waals surface area contributed by atoms with Crippen molar-refractivity contribution in [3.63, 3.8) is 0 Å². The first kappa shape index (κ1) is 17.4. The highest BCUT2D eigenvalue weighted by molar-refractivity contribution is 7.10. The van der Waals surface area contributed by atoms with Crippen molar-refractivity contribution in [2.45, 2.75) is 26.7 Å². The van der Waals surface area contributed by atoms with E-state index in [2.05, 4.69) is 67.8 Å². The van der Waals surface area contributed by atoms with Crippen molar-refractivity contribution in [2.24, 2.45) is 0 Å². The van der Waals surface area contributed by atoms with Gasteiger partial charge in [0.25, 0.3) is 0 Å². The third-order valence-corrected chi connectivity index (χ3v) is 4.74. The molecule has 0 spiro atoms. The standard InChI is InChI=1S/C22H23NOS/c1-3-4-15-24-20-12-7-18(8-13-20)9-14-22-23-21(16-25-22)19-10-5-17(2)6-11-19/h5-14,16H,3-4,15H2,1-2H3/b14-9+. The molecule has 0 atom stereocenters. The summed E-state index contributed by atoms with van der Waals surface area (Å²) in [6.45, 7) is 5.05. The van der Waals surface area contributed by atoms with Crippen LogP contribution in [0.4, 0.5) is 0 Å². The number of hydrogen-bond donors (Lipinski definition) is 0. The smallest absolute Gasteiger partial charge is 0.119 e. The highest BCUT2D eigenvalue weighted by atomic mass is 32.1. The van der Waals surface area contributed by atoms with E-state index >= 15 is 0 Å². The number of aryl methyl sites for hydroxylation is 1. The molecule has 128 valence electrons. The molecule has 1 heterocycles. The Morgan fingerprint density at radius 2 is 1.76 bits per heavy atom. The second kappa shape index (κ2) is 8.63. The molecule has 0 aliphatic heterocycles. The number of thiazole rings is 1. The Kier molecular flexibility index (Phi) is 6.02. The Balaban J connectivity index is 1.63. The molecule has 2 nitrogen and oxygen atoms in total. The van der Waals surface area contributed by atoms with Crippen LogP contribution in [-0.4, -0.2) is 11.6 Å². The van der Waals surface area contributed by atoms with Gasteiger partial charge in [0.05, 0.1) is 12.3 Å². The molecule has 0 N–H and O–H groups in total. The van der Waals surface area contributed by atoms with Crippen molar-refractivity contribution in [3.8, 4) is 17.0 Å². The highest BCUT2D eigenvalue weighted by Gasteiger charge is 2.02. The molecule has 0 amide bonds. The maximum absolute atomic E-state index is 5.69. The molecule has 25 heavy (non-hydrogen) atoms. The molecule has 0 bridgehead atoms. The van der Waals surface area contributed by atoms with E-state index in [9.17, 15) is 0 Å². The lowest BCUT2D eigenvalue weighted by atomic mass is 10.1. The highest BCUT2D eigenvalue weighted by Crippen LogP contribution is 2.23. The summed E-state index contributed by atoms with van der Waals surface area (Å²) in [4.78, 5) is 4.70. The minimum atomic E-state index is 0.784. The Labute approximate surface area is 153 Å². The van der Waals surface area contributed by atoms with Crippen LogP contribution in [0.25, 0.3) is 23.4 Å². The molecule has 0 radical (unpaired) electrons. The zero-order chi connectivity index (χ0) is 17.5. The third-order valence-electron chi connectivity index (χ3n) is 3.93. The van der Waals surface area contributed by atoms with Crippen molar-refractivity contribution >= 4 is 23.5 Å². The van der Waals surface area contributed by atoms with Crippen LogP contribution in [0.1, 0.15) is 35.9 Å². The van der Waals surface area contributed by atoms with Gasteiger partial charge in [-0.2, -0.15) is 0 Å². The van der Waals surface area contributed by atoms with Crippen molar-refractivity contribution < 1.29 is 4.74 Å². The summed E-state index contributed by atoms with van der Waals surface area (Å²) >= 11 is 1.66. The second-order valence-electron chi connectivity index (χ2n) is 6.04. The fourth-order valence-corrected chi connectivity index (χ4v) is 3.12. The van der Waals surface area contributed by atoms with Crippen LogP contribution in [-0.2, 0) is 0 Å². The lowest BCUT2D eigenvalue weighted by Gasteiger charge is -2.04. The predicted octanol–water partition coefficient (Wildman–Crippen LogP) is 6.47. The van der Waals surface area contributed by atoms with Crippen LogP contribution in [0, 0.1) is 6.92 Å². The summed E-state index contributed by atoms with van der Waals surface area (Å²) in [6.07, 6.45) is 6.40. The molecule has 2 aromatic carbocycles. The van der Waals surface area contributed by atoms with Gasteiger partial charge in [-0.3, -0.25) is 0 Å². The lowest BCUT2D eigenvalue weighted by molar-refractivity contribution is 0.309. The lowest BCUT2D eigenvalue weighted by Crippen LogP contribution is -1.95. The van der Waals surface area contributed by atoms with Crippen molar-refractivity contribution in [1.82, 2.24) is 4.98 Å². The molecular weight excluding hydrogens is 326 g/mol. The van der Waals surface area contributed by atoms with Gasteiger partial charge in [0.2, 0.25) is 0 Å². The first-order chi connectivity index (χ1) is 12.2. The van der Waals surface area contributed by atoms with Crippen LogP contribution in [0.5, 0.6) is 5.75 Å². The number of aromatic nitrogens is 1. The van der Waals surface area contributed by atoms with Gasteiger partial charge < -0.3 is 4.74 Å². The maximum Gasteiger partial charge on any atom is 0.119 e. The van der Waals surface area contributed by atoms with Gasteiger partial charge >= 0.3 is 0 Å². The number of hydrogen-bond acceptors (Lipinski definition) is 3. The minimum absolute atomic E-state index is 0.784. The summed E-state index contributed by atoms with van der Waals surface area (Å²) in [5, 5.41) is 3.12. The van der Waals surface area contributed by atoms with E-state index < -0.39 is 0 Å². The molecule has 0 unspecified atom stereocenters. The van der Waals surface area contributed by atoms with Crippen LogP contribution < -0.4 is 4.74 Å². The van der Waals surface area contributed by atoms with Gasteiger partial charge in [0, 0.05) is 10.9 Å². The third kappa shape index (κ3) is 5.04. The Morgan fingerprint density at radius 3 is 2.48 bits per heavy atom. The molecule has 3 aromatic rings. The van der Waals surface area contributed by atoms with Crippen LogP contribution in [0.15, 0.2) is 53.9 Å². The number of nitrogens with zero attached hydrogens (tertiary/aromatic N) is 1. The Morgan fingerprint density at radius 1 is 1.00 bits per heavy atom. The summed E-state index contributed by atoms with van der Waals surface area (Å²) < 4.78 is 5.69. The van der Waals surface area contributed by atoms with E-state index in [4.69, 9.17) is 9.72 Å². The Bertz CT molecular complexity index is 816. The molecule has 3 heteroatoms. The number of ether oxygens (including phenoxy) is 1. The van der Waals surface area contributed by atoms with Crippen molar-refractivity contribution in [1.29, 1.82) is 0 Å². The topological polar surface area (TPSA) is 22.1 Å². The van der Waals surface area contributed by atoms with E-state index in [1.54, 1.807) is 11.3 Å². The van der Waals surface area contributed by atoms with E-state index in [0.717, 1.165) is 47.0 Å². The van der Waals surface area contributed by atoms with Gasteiger partial charge in [-0.05, 0) is 37.1 Å². The fraction of sp³-hybridized carbons (Fsp3) is 0.227. The molecule has 0 saturated carbocycles. The van der Waals surface area contributed by atoms with Gasteiger partial charge in [0.1, 0.15) is 10.8 Å². The first-order valence-electron chi connectivity index (χ1n) is 8.68. The maximum atomic E-state index is 5.69. The molecule has 1 aromatic heterocycles. The summed E-state index contributed by atoms with van der Waals surface area (Å²) in [5.74, 6) is 0.932. The van der Waals surface area contributed by atoms with Crippen LogP contribution in [0.2, 0.25) is 0 Å². The minimum Gasteiger partial charge on any atom is -0.494 e. The van der Waals surface area contributed by atoms with Gasteiger partial charge in [-0.25, -0.2) is 4.98 Å². The predicted molar refractivity (Wildman–Crippen MR) is 108 cm³/mol. The number of unbranched alkanes of at least 4 members (excludes halogenated alkanes) is 1. The van der Waals surface area contributed by atoms with Gasteiger partial charge in [-0.1, -0.05) is 61.4 Å². The zero-order valence-corrected chi connectivity index (χ0v) is 15.6. The van der Waals surface area contributed by atoms with Crippen LogP contribution >= 0.6 is 11.3 Å². The average molecular weight is 349 g/mol. The summed E-state index contributed by atoms with van der Waals surface area (Å²) in [5.41, 5.74) is 4.61. The van der Waals surface area contributed by atoms with Crippen LogP contribution in [0.3, 0.4) is 0 Å². The normalized spacial score (nSPS) is 11.1. The zero-order valence-electron chi connectivity index (χ0n) is 14.7. The van der Waals surface area contributed by atoms with Crippen molar-refractivity contribution in [2.75, 3.05) is 6.61 Å². The number of rotatable bonds is 7. The molecule has 0 fully saturated rings. The fourth-order valence-electron chi connectivity index (χ4n) is 2.40. The monoisotopic (exact) mass is 349 g/mol. The SMILES string of the molecule is CCCCOc1ccc(/C=C/c2nc(-c3ccc(C)cc3)cs2)cc1. The van der Waals surface area contributed by atoms with E-state index in [1.807, 2.05) is 12.1 Å². The van der Waals surface area contributed by atoms with Gasteiger partial charge in [-0.15, -0.1) is 11.3 Å². The second-order valence-corrected chi connectivity index (χ2v) is 6.93. The molecule has 0 aliphatic carbocycles. The van der Waals surface area contributed by atoms with E-state index in [1.165, 1.54) is 5.56 Å². The van der Waals surface area contributed by atoms with E-state index in [0.29, 0.717) is 0 Å². The van der Waals surface area contributed by atoms with Crippen molar-refractivity contribution in [3.05, 3.63) is 70.0 Å². The molecule has 0 aliphatic rings. The summed E-state index contributed by atoms with van der Waals surface area (Å²) in [7, 11) is 0. The average Bonchev–Trinajstić information content (AvgIpc) is 3.11. The molecule has 3 rings (SSSR count). The van der Waals surface area contributed by atoms with E-state index in [-0.39, 0.29) is 0 Å². The summed E-state index contributed by atoms with van der Waals surface area (Å²) in [6, 6.07) is 16.7. The molecule has 0 saturated heterocycles. The molecular formula is C22H23NOS. The number of benzene rings is 2. The Hall–Kier alpha value is -2.39. The largest absolute Gasteiger partial charge is 0.494 e. The first-order valence-corrected chi connectivity index (χ1v) is 9.56. The van der Waals surface area contributed by atoms with Gasteiger partial charge in [0.15, 0.2) is 0 Å². The quantitative estimate of drug-likeness (QED) is 0.456.